The number of methoxy groups -OCH3 is 2. The van der Waals surface area contributed by atoms with Crippen molar-refractivity contribution in [3.8, 4) is 23.0 Å². The second-order valence-electron chi connectivity index (χ2n) is 6.57. The van der Waals surface area contributed by atoms with E-state index in [1.807, 2.05) is 0 Å². The fourth-order valence-corrected chi connectivity index (χ4v) is 2.92. The molecule has 2 aromatic carbocycles. The largest absolute Gasteiger partial charge is 0.573 e. The standard InChI is InChI=1S/C22H14ClF5N2O6/c1-33-19-15(6-5-14(18(19)25)36-22(26,27)28)35-13-4-3-11(23)17(24)16(13)20(31)30-10-7-8-29-12(9-10)21(32)34-2/h3-9H,1-2H3,(H,29,30,31)/i1D3. The van der Waals surface area contributed by atoms with Crippen molar-refractivity contribution in [3.63, 3.8) is 0 Å². The fraction of sp³-hybridized carbons (Fsp3) is 0.136. The molecule has 0 atom stereocenters. The van der Waals surface area contributed by atoms with Crippen LogP contribution in [0.2, 0.25) is 5.02 Å². The van der Waals surface area contributed by atoms with Gasteiger partial charge in [-0.2, -0.15) is 4.39 Å². The minimum atomic E-state index is -5.34. The predicted octanol–water partition coefficient (Wildman–Crippen LogP) is 5.75. The number of nitrogens with zero attached hydrogens (tertiary/aromatic N) is 1. The van der Waals surface area contributed by atoms with Gasteiger partial charge in [0.2, 0.25) is 11.6 Å². The Morgan fingerprint density at radius 1 is 1.06 bits per heavy atom. The number of amides is 1. The van der Waals surface area contributed by atoms with Gasteiger partial charge in [0.05, 0.1) is 23.3 Å². The van der Waals surface area contributed by atoms with Gasteiger partial charge in [-0.3, -0.25) is 4.79 Å². The molecule has 1 heterocycles. The summed E-state index contributed by atoms with van der Waals surface area (Å²) in [5.41, 5.74) is -1.14. The summed E-state index contributed by atoms with van der Waals surface area (Å²) in [5.74, 6) is -9.61. The molecule has 3 rings (SSSR count). The van der Waals surface area contributed by atoms with E-state index in [9.17, 15) is 31.5 Å². The number of alkyl halides is 3. The van der Waals surface area contributed by atoms with E-state index in [-0.39, 0.29) is 11.4 Å². The summed E-state index contributed by atoms with van der Waals surface area (Å²) in [6.07, 6.45) is -4.20. The number of benzene rings is 2. The summed E-state index contributed by atoms with van der Waals surface area (Å²) in [6, 6.07) is 5.32. The van der Waals surface area contributed by atoms with Crippen LogP contribution in [0.1, 0.15) is 25.0 Å². The molecule has 0 spiro atoms. The van der Waals surface area contributed by atoms with Gasteiger partial charge < -0.3 is 24.3 Å². The quantitative estimate of drug-likeness (QED) is 0.304. The lowest BCUT2D eigenvalue weighted by molar-refractivity contribution is -0.275. The van der Waals surface area contributed by atoms with Crippen molar-refractivity contribution in [2.24, 2.45) is 0 Å². The Kier molecular flexibility index (Phi) is 6.61. The van der Waals surface area contributed by atoms with Crippen molar-refractivity contribution in [1.29, 1.82) is 0 Å². The number of rotatable bonds is 7. The normalized spacial score (nSPS) is 12.6. The number of aromatic nitrogens is 1. The average Bonchev–Trinajstić information content (AvgIpc) is 2.83. The predicted molar refractivity (Wildman–Crippen MR) is 115 cm³/mol. The zero-order valence-corrected chi connectivity index (χ0v) is 18.5. The van der Waals surface area contributed by atoms with Gasteiger partial charge in [-0.25, -0.2) is 14.2 Å². The van der Waals surface area contributed by atoms with Crippen LogP contribution in [0.25, 0.3) is 0 Å². The molecule has 0 saturated heterocycles. The van der Waals surface area contributed by atoms with Gasteiger partial charge in [0.25, 0.3) is 5.91 Å². The summed E-state index contributed by atoms with van der Waals surface area (Å²) < 4.78 is 107. The zero-order valence-electron chi connectivity index (χ0n) is 20.7. The molecule has 0 bridgehead atoms. The second kappa shape index (κ2) is 10.6. The number of esters is 1. The van der Waals surface area contributed by atoms with Gasteiger partial charge in [-0.05, 0) is 36.4 Å². The first kappa shape index (κ1) is 22.3. The first-order chi connectivity index (χ1) is 18.1. The average molecular weight is 536 g/mol. The first-order valence-corrected chi connectivity index (χ1v) is 9.76. The van der Waals surface area contributed by atoms with Crippen LogP contribution in [-0.2, 0) is 4.74 Å². The van der Waals surface area contributed by atoms with Crippen molar-refractivity contribution in [2.45, 2.75) is 6.36 Å². The molecule has 0 saturated carbocycles. The van der Waals surface area contributed by atoms with Gasteiger partial charge in [0.15, 0.2) is 17.3 Å². The highest BCUT2D eigenvalue weighted by Crippen LogP contribution is 2.41. The third-order valence-corrected chi connectivity index (χ3v) is 4.56. The van der Waals surface area contributed by atoms with Crippen LogP contribution in [0.15, 0.2) is 42.6 Å². The van der Waals surface area contributed by atoms with Crippen LogP contribution >= 0.6 is 11.6 Å². The second-order valence-corrected chi connectivity index (χ2v) is 6.97. The Bertz CT molecular complexity index is 1420. The third kappa shape index (κ3) is 5.92. The first-order valence-electron chi connectivity index (χ1n) is 10.9. The summed E-state index contributed by atoms with van der Waals surface area (Å²) in [6.45, 7) is 0. The Labute approximate surface area is 208 Å². The molecule has 14 heteroatoms. The molecule has 36 heavy (non-hydrogen) atoms. The molecule has 1 amide bonds. The van der Waals surface area contributed by atoms with E-state index in [1.165, 1.54) is 6.07 Å². The maximum atomic E-state index is 15.0. The third-order valence-electron chi connectivity index (χ3n) is 4.27. The molecule has 8 nitrogen and oxygen atoms in total. The van der Waals surface area contributed by atoms with E-state index in [0.717, 1.165) is 31.5 Å². The zero-order chi connectivity index (χ0) is 29.1. The van der Waals surface area contributed by atoms with Crippen molar-refractivity contribution < 1.29 is 54.6 Å². The smallest absolute Gasteiger partial charge is 0.490 e. The van der Waals surface area contributed by atoms with Crippen LogP contribution in [-0.4, -0.2) is 37.4 Å². The van der Waals surface area contributed by atoms with E-state index in [1.54, 1.807) is 0 Å². The van der Waals surface area contributed by atoms with Gasteiger partial charge in [0, 0.05) is 11.9 Å². The lowest BCUT2D eigenvalue weighted by atomic mass is 10.1. The molecular weight excluding hydrogens is 519 g/mol. The number of pyridine rings is 1. The molecule has 190 valence electrons. The molecule has 1 aromatic heterocycles. The number of nitrogens with one attached hydrogen (secondary N) is 1. The summed E-state index contributed by atoms with van der Waals surface area (Å²) in [4.78, 5) is 28.4. The van der Waals surface area contributed by atoms with E-state index >= 15 is 0 Å². The maximum absolute atomic E-state index is 15.0. The van der Waals surface area contributed by atoms with Crippen LogP contribution in [0.5, 0.6) is 23.0 Å². The molecule has 0 aliphatic rings. The molecule has 0 aliphatic heterocycles. The Morgan fingerprint density at radius 3 is 2.42 bits per heavy atom. The molecule has 0 aliphatic carbocycles. The minimum absolute atomic E-state index is 0.0492. The molecule has 3 aromatic rings. The van der Waals surface area contributed by atoms with Crippen LogP contribution in [0, 0.1) is 11.6 Å². The van der Waals surface area contributed by atoms with E-state index in [2.05, 4.69) is 24.5 Å². The molecule has 0 unspecified atom stereocenters. The lowest BCUT2D eigenvalue weighted by Crippen LogP contribution is -2.18. The minimum Gasteiger partial charge on any atom is -0.490 e. The Morgan fingerprint density at radius 2 is 1.75 bits per heavy atom. The number of ether oxygens (including phenoxy) is 4. The number of halogens is 6. The van der Waals surface area contributed by atoms with Crippen molar-refractivity contribution in [1.82, 2.24) is 4.98 Å². The molecule has 0 fully saturated rings. The Balaban J connectivity index is 2.05. The lowest BCUT2D eigenvalue weighted by Gasteiger charge is -2.17. The Hall–Kier alpha value is -4.13. The van der Waals surface area contributed by atoms with Crippen LogP contribution < -0.4 is 19.5 Å². The number of hydrogen-bond acceptors (Lipinski definition) is 7. The van der Waals surface area contributed by atoms with Crippen LogP contribution in [0.4, 0.5) is 27.6 Å². The topological polar surface area (TPSA) is 96.0 Å². The molecular formula is C22H14ClF5N2O6. The van der Waals surface area contributed by atoms with E-state index in [4.69, 9.17) is 20.5 Å². The van der Waals surface area contributed by atoms with E-state index < -0.39 is 70.5 Å². The summed E-state index contributed by atoms with van der Waals surface area (Å²) >= 11 is 5.78. The highest BCUT2D eigenvalue weighted by atomic mass is 35.5. The van der Waals surface area contributed by atoms with Crippen molar-refractivity contribution >= 4 is 29.2 Å². The highest BCUT2D eigenvalue weighted by molar-refractivity contribution is 6.31. The van der Waals surface area contributed by atoms with Crippen LogP contribution in [0.3, 0.4) is 0 Å². The number of carbonyl (C=O) groups is 2. The van der Waals surface area contributed by atoms with Crippen molar-refractivity contribution in [3.05, 3.63) is 70.5 Å². The van der Waals surface area contributed by atoms with Crippen molar-refractivity contribution in [2.75, 3.05) is 19.5 Å². The number of hydrogen-bond donors (Lipinski definition) is 1. The van der Waals surface area contributed by atoms with Gasteiger partial charge in [-0.1, -0.05) is 11.6 Å². The number of anilines is 1. The van der Waals surface area contributed by atoms with Gasteiger partial charge in [-0.15, -0.1) is 13.2 Å². The van der Waals surface area contributed by atoms with Gasteiger partial charge >= 0.3 is 12.3 Å². The van der Waals surface area contributed by atoms with E-state index in [0.29, 0.717) is 12.1 Å². The SMILES string of the molecule is [2H]C([2H])([2H])Oc1c(Oc2ccc(Cl)c(F)c2C(=O)Nc2ccnc(C(=O)OC)c2)ccc(OC(F)(F)F)c1F. The molecule has 0 radical (unpaired) electrons. The summed E-state index contributed by atoms with van der Waals surface area (Å²) in [5, 5.41) is 1.71. The number of carbonyl (C=O) groups excluding carboxylic acids is 2. The highest BCUT2D eigenvalue weighted by Gasteiger charge is 2.34. The maximum Gasteiger partial charge on any atom is 0.573 e. The molecule has 1 N–H and O–H groups in total. The van der Waals surface area contributed by atoms with Gasteiger partial charge in [0.1, 0.15) is 17.0 Å². The monoisotopic (exact) mass is 535 g/mol. The summed E-state index contributed by atoms with van der Waals surface area (Å²) in [7, 11) is -2.28. The fourth-order valence-electron chi connectivity index (χ4n) is 2.77.